The van der Waals surface area contributed by atoms with Crippen LogP contribution in [-0.4, -0.2) is 26.2 Å². The number of sulfone groups is 1. The number of amides is 1. The van der Waals surface area contributed by atoms with Crippen molar-refractivity contribution in [2.24, 2.45) is 0 Å². The maximum absolute atomic E-state index is 13.0. The van der Waals surface area contributed by atoms with Gasteiger partial charge in [0, 0.05) is 10.4 Å². The molecule has 1 aromatic heterocycles. The van der Waals surface area contributed by atoms with E-state index in [0.29, 0.717) is 22.1 Å². The lowest BCUT2D eigenvalue weighted by Crippen LogP contribution is -2.41. The van der Waals surface area contributed by atoms with Gasteiger partial charge in [0.05, 0.1) is 18.6 Å². The summed E-state index contributed by atoms with van der Waals surface area (Å²) in [6.45, 7) is 0.0918. The molecule has 0 aliphatic heterocycles. The van der Waals surface area contributed by atoms with Gasteiger partial charge in [-0.1, -0.05) is 23.7 Å². The van der Waals surface area contributed by atoms with Gasteiger partial charge >= 0.3 is 0 Å². The Balaban J connectivity index is 1.53. The predicted molar refractivity (Wildman–Crippen MR) is 105 cm³/mol. The van der Waals surface area contributed by atoms with E-state index in [4.69, 9.17) is 20.8 Å². The number of carbonyl (C=O) groups excluding carboxylic acids is 1. The molecule has 28 heavy (non-hydrogen) atoms. The Labute approximate surface area is 167 Å². The van der Waals surface area contributed by atoms with Crippen molar-refractivity contribution < 1.29 is 22.4 Å². The van der Waals surface area contributed by atoms with Crippen LogP contribution in [0.2, 0.25) is 5.02 Å². The summed E-state index contributed by atoms with van der Waals surface area (Å²) < 4.78 is 35.5. The summed E-state index contributed by atoms with van der Waals surface area (Å²) in [4.78, 5) is 12.8. The van der Waals surface area contributed by atoms with Gasteiger partial charge in [0.2, 0.25) is 5.91 Å². The first-order valence-corrected chi connectivity index (χ1v) is 10.6. The number of methoxy groups -OCH3 is 1. The van der Waals surface area contributed by atoms with Gasteiger partial charge < -0.3 is 14.5 Å². The number of fused-ring (bicyclic) bond motifs is 1. The molecule has 0 unspecified atom stereocenters. The van der Waals surface area contributed by atoms with E-state index in [1.807, 2.05) is 12.1 Å². The number of carbonyl (C=O) groups is 1. The van der Waals surface area contributed by atoms with Crippen molar-refractivity contribution in [2.45, 2.75) is 29.0 Å². The monoisotopic (exact) mass is 419 g/mol. The summed E-state index contributed by atoms with van der Waals surface area (Å²) in [5.74, 6) is 0.599. The molecule has 4 rings (SSSR count). The molecule has 1 fully saturated rings. The minimum Gasteiger partial charge on any atom is -0.493 e. The van der Waals surface area contributed by atoms with Crippen LogP contribution in [0.5, 0.6) is 5.75 Å². The lowest BCUT2D eigenvalue weighted by Gasteiger charge is -2.16. The molecule has 2 aromatic carbocycles. The van der Waals surface area contributed by atoms with Gasteiger partial charge in [-0.15, -0.1) is 0 Å². The minimum atomic E-state index is -3.80. The summed E-state index contributed by atoms with van der Waals surface area (Å²) in [5.41, 5.74) is 0.587. The van der Waals surface area contributed by atoms with Crippen molar-refractivity contribution in [3.05, 3.63) is 59.3 Å². The number of benzene rings is 2. The second-order valence-electron chi connectivity index (χ2n) is 6.73. The Bertz CT molecular complexity index is 1150. The minimum absolute atomic E-state index is 0.0918. The molecule has 8 heteroatoms. The van der Waals surface area contributed by atoms with E-state index in [-0.39, 0.29) is 24.3 Å². The van der Waals surface area contributed by atoms with E-state index in [1.54, 1.807) is 19.2 Å². The first-order chi connectivity index (χ1) is 13.4. The average Bonchev–Trinajstić information content (AvgIpc) is 3.41. The van der Waals surface area contributed by atoms with Crippen molar-refractivity contribution >= 4 is 38.3 Å². The molecule has 0 radical (unpaired) electrons. The Morgan fingerprint density at radius 2 is 1.93 bits per heavy atom. The number of rotatable bonds is 6. The van der Waals surface area contributed by atoms with Gasteiger partial charge in [0.1, 0.15) is 5.76 Å². The first-order valence-electron chi connectivity index (χ1n) is 8.71. The molecule has 0 spiro atoms. The molecule has 0 bridgehead atoms. The van der Waals surface area contributed by atoms with Crippen LogP contribution in [0.15, 0.2) is 57.8 Å². The van der Waals surface area contributed by atoms with Crippen molar-refractivity contribution in [1.29, 1.82) is 0 Å². The number of hydrogen-bond donors (Lipinski definition) is 1. The van der Waals surface area contributed by atoms with Crippen LogP contribution in [0.3, 0.4) is 0 Å². The van der Waals surface area contributed by atoms with Crippen molar-refractivity contribution in [2.75, 3.05) is 7.11 Å². The van der Waals surface area contributed by atoms with Crippen LogP contribution in [0, 0.1) is 0 Å². The molecular formula is C20H18ClNO5S. The summed E-state index contributed by atoms with van der Waals surface area (Å²) in [7, 11) is -2.25. The van der Waals surface area contributed by atoms with Crippen LogP contribution >= 0.6 is 11.6 Å². The van der Waals surface area contributed by atoms with E-state index in [1.165, 1.54) is 24.3 Å². The van der Waals surface area contributed by atoms with Gasteiger partial charge in [0.15, 0.2) is 25.9 Å². The summed E-state index contributed by atoms with van der Waals surface area (Å²) in [6, 6.07) is 13.2. The quantitative estimate of drug-likeness (QED) is 0.658. The zero-order chi connectivity index (χ0) is 19.9. The zero-order valence-electron chi connectivity index (χ0n) is 15.1. The fourth-order valence-electron chi connectivity index (χ4n) is 3.24. The molecule has 1 N–H and O–H groups in total. The summed E-state index contributed by atoms with van der Waals surface area (Å²) >= 11 is 5.83. The molecule has 1 aliphatic rings. The van der Waals surface area contributed by atoms with Crippen LogP contribution < -0.4 is 10.1 Å². The van der Waals surface area contributed by atoms with E-state index < -0.39 is 20.5 Å². The highest BCUT2D eigenvalue weighted by Crippen LogP contribution is 2.47. The third-order valence-corrected chi connectivity index (χ3v) is 7.73. The second-order valence-corrected chi connectivity index (χ2v) is 9.42. The highest BCUT2D eigenvalue weighted by atomic mass is 35.5. The van der Waals surface area contributed by atoms with Gasteiger partial charge in [-0.3, -0.25) is 4.79 Å². The Morgan fingerprint density at radius 1 is 1.21 bits per heavy atom. The van der Waals surface area contributed by atoms with Crippen LogP contribution in [0.1, 0.15) is 18.6 Å². The predicted octanol–water partition coefficient (Wildman–Crippen LogP) is 3.72. The molecule has 1 amide bonds. The normalized spacial score (nSPS) is 15.4. The smallest absolute Gasteiger partial charge is 0.242 e. The molecule has 1 aliphatic carbocycles. The largest absolute Gasteiger partial charge is 0.493 e. The second kappa shape index (κ2) is 6.83. The summed E-state index contributed by atoms with van der Waals surface area (Å²) in [6.07, 6.45) is 0.579. The fraction of sp³-hybridized carbons (Fsp3) is 0.250. The number of hydrogen-bond acceptors (Lipinski definition) is 5. The topological polar surface area (TPSA) is 85.6 Å². The van der Waals surface area contributed by atoms with Crippen molar-refractivity contribution in [1.82, 2.24) is 5.32 Å². The number of para-hydroxylation sites is 1. The third kappa shape index (κ3) is 3.04. The van der Waals surface area contributed by atoms with Crippen molar-refractivity contribution in [3.8, 4) is 5.75 Å². The van der Waals surface area contributed by atoms with Gasteiger partial charge in [-0.25, -0.2) is 8.42 Å². The van der Waals surface area contributed by atoms with Crippen LogP contribution in [-0.2, 0) is 21.2 Å². The first kappa shape index (κ1) is 18.8. The van der Waals surface area contributed by atoms with Crippen molar-refractivity contribution in [3.63, 3.8) is 0 Å². The maximum Gasteiger partial charge on any atom is 0.242 e. The van der Waals surface area contributed by atoms with E-state index in [2.05, 4.69) is 5.32 Å². The number of nitrogens with one attached hydrogen (secondary N) is 1. The SMILES string of the molecule is COc1cccc2cc(CNC(=O)C3(S(=O)(=O)c4ccc(Cl)cc4)CC3)oc12. The molecule has 0 saturated heterocycles. The zero-order valence-corrected chi connectivity index (χ0v) is 16.6. The van der Waals surface area contributed by atoms with Gasteiger partial charge in [0.25, 0.3) is 0 Å². The lowest BCUT2D eigenvalue weighted by atomic mass is 10.2. The molecule has 1 saturated carbocycles. The highest BCUT2D eigenvalue weighted by Gasteiger charge is 2.61. The molecule has 146 valence electrons. The molecule has 1 heterocycles. The van der Waals surface area contributed by atoms with E-state index in [9.17, 15) is 13.2 Å². The van der Waals surface area contributed by atoms with Gasteiger partial charge in [-0.05, 0) is 49.2 Å². The molecular weight excluding hydrogens is 402 g/mol. The molecule has 0 atom stereocenters. The molecule has 6 nitrogen and oxygen atoms in total. The van der Waals surface area contributed by atoms with Crippen LogP contribution in [0.25, 0.3) is 11.0 Å². The molecule has 3 aromatic rings. The highest BCUT2D eigenvalue weighted by molar-refractivity contribution is 7.94. The van der Waals surface area contributed by atoms with E-state index >= 15 is 0 Å². The standard InChI is InChI=1S/C20H18ClNO5S/c1-26-17-4-2-3-13-11-15(27-18(13)17)12-22-19(23)20(9-10-20)28(24,25)16-7-5-14(21)6-8-16/h2-8,11H,9-10,12H2,1H3,(H,22,23). The third-order valence-electron chi connectivity index (χ3n) is 4.96. The average molecular weight is 420 g/mol. The number of furan rings is 1. The lowest BCUT2D eigenvalue weighted by molar-refractivity contribution is -0.121. The Morgan fingerprint density at radius 3 is 2.57 bits per heavy atom. The Hall–Kier alpha value is -2.51. The fourth-order valence-corrected chi connectivity index (χ4v) is 5.26. The van der Waals surface area contributed by atoms with Crippen LogP contribution in [0.4, 0.5) is 0 Å². The van der Waals surface area contributed by atoms with Gasteiger partial charge in [-0.2, -0.15) is 0 Å². The summed E-state index contributed by atoms with van der Waals surface area (Å²) in [5, 5.41) is 3.99. The Kier molecular flexibility index (Phi) is 4.59. The van der Waals surface area contributed by atoms with E-state index in [0.717, 1.165) is 5.39 Å². The maximum atomic E-state index is 13.0. The number of halogens is 1. The number of ether oxygens (including phenoxy) is 1.